The minimum Gasteiger partial charge on any atom is -0.310 e. The van der Waals surface area contributed by atoms with Crippen LogP contribution in [0.2, 0.25) is 0 Å². The van der Waals surface area contributed by atoms with Crippen LogP contribution in [0.25, 0.3) is 60.9 Å². The molecule has 0 bridgehead atoms. The number of anilines is 3. The van der Waals surface area contributed by atoms with Crippen molar-refractivity contribution in [1.82, 2.24) is 4.57 Å². The molecule has 0 unspecified atom stereocenters. The molecule has 0 saturated heterocycles. The van der Waals surface area contributed by atoms with Crippen molar-refractivity contribution in [2.24, 2.45) is 0 Å². The topological polar surface area (TPSA) is 8.17 Å². The van der Waals surface area contributed by atoms with E-state index in [0.29, 0.717) is 0 Å². The third kappa shape index (κ3) is 5.34. The van der Waals surface area contributed by atoms with Gasteiger partial charge in [-0.15, -0.1) is 0 Å². The summed E-state index contributed by atoms with van der Waals surface area (Å²) in [4.78, 5) is 2.32. The minimum atomic E-state index is 1.11. The maximum absolute atomic E-state index is 2.42. The lowest BCUT2D eigenvalue weighted by Crippen LogP contribution is -2.09. The molecule has 1 aromatic heterocycles. The maximum atomic E-state index is 2.42. The van der Waals surface area contributed by atoms with Crippen molar-refractivity contribution in [3.05, 3.63) is 206 Å². The SMILES string of the molecule is c1ccc(-c2ccc3c4ccc(-c5ccccc5-c5cccc(N(c6ccccc6)c6ccccc6)c5)cc4n(-c4ccccc4)c3c2)cc1. The summed E-state index contributed by atoms with van der Waals surface area (Å²) in [6.07, 6.45) is 0. The van der Waals surface area contributed by atoms with Gasteiger partial charge in [-0.2, -0.15) is 0 Å². The van der Waals surface area contributed by atoms with Crippen molar-refractivity contribution in [3.63, 3.8) is 0 Å². The third-order valence-electron chi connectivity index (χ3n) is 9.57. The molecule has 9 rings (SSSR count). The zero-order chi connectivity index (χ0) is 33.3. The first kappa shape index (κ1) is 29.5. The van der Waals surface area contributed by atoms with Crippen LogP contribution in [0.15, 0.2) is 206 Å². The highest BCUT2D eigenvalue weighted by Gasteiger charge is 2.17. The van der Waals surface area contributed by atoms with Crippen molar-refractivity contribution in [3.8, 4) is 39.1 Å². The molecule has 2 heteroatoms. The van der Waals surface area contributed by atoms with E-state index in [9.17, 15) is 0 Å². The fraction of sp³-hybridized carbons (Fsp3) is 0. The summed E-state index contributed by atoms with van der Waals surface area (Å²) in [7, 11) is 0. The number of benzene rings is 8. The van der Waals surface area contributed by atoms with Crippen LogP contribution in [0.1, 0.15) is 0 Å². The van der Waals surface area contributed by atoms with Gasteiger partial charge in [0.05, 0.1) is 11.0 Å². The molecule has 0 amide bonds. The molecule has 0 saturated carbocycles. The highest BCUT2D eigenvalue weighted by atomic mass is 15.1. The molecule has 0 aliphatic heterocycles. The van der Waals surface area contributed by atoms with Gasteiger partial charge in [0, 0.05) is 33.5 Å². The second-order valence-corrected chi connectivity index (χ2v) is 12.6. The maximum Gasteiger partial charge on any atom is 0.0547 e. The van der Waals surface area contributed by atoms with Gasteiger partial charge in [-0.05, 0) is 94.0 Å². The second kappa shape index (κ2) is 12.8. The van der Waals surface area contributed by atoms with Gasteiger partial charge < -0.3 is 9.47 Å². The second-order valence-electron chi connectivity index (χ2n) is 12.6. The first-order valence-corrected chi connectivity index (χ1v) is 17.1. The summed E-state index contributed by atoms with van der Waals surface area (Å²) in [6.45, 7) is 0. The Morgan fingerprint density at radius 3 is 1.34 bits per heavy atom. The Balaban J connectivity index is 1.20. The molecule has 9 aromatic rings. The molecule has 0 fully saturated rings. The number of fused-ring (bicyclic) bond motifs is 3. The first-order chi connectivity index (χ1) is 24.8. The molecule has 0 spiro atoms. The average molecular weight is 639 g/mol. The highest BCUT2D eigenvalue weighted by Crippen LogP contribution is 2.41. The highest BCUT2D eigenvalue weighted by molar-refractivity contribution is 6.11. The molecule has 0 N–H and O–H groups in total. The molecule has 0 aliphatic rings. The summed E-state index contributed by atoms with van der Waals surface area (Å²) in [5.74, 6) is 0. The third-order valence-corrected chi connectivity index (χ3v) is 9.57. The Hall–Kier alpha value is -6.64. The summed E-state index contributed by atoms with van der Waals surface area (Å²) in [5.41, 5.74) is 14.1. The van der Waals surface area contributed by atoms with E-state index >= 15 is 0 Å². The smallest absolute Gasteiger partial charge is 0.0547 e. The van der Waals surface area contributed by atoms with Crippen LogP contribution in [0, 0.1) is 0 Å². The quantitative estimate of drug-likeness (QED) is 0.169. The van der Waals surface area contributed by atoms with Crippen molar-refractivity contribution in [2.45, 2.75) is 0 Å². The standard InChI is InChI=1S/C48H34N2/c1-5-16-35(17-6-1)36-28-30-45-46-31-29-38(34-48(46)50(47(45)33-36)41-23-11-4-12-24-41)44-27-14-13-26-43(44)37-18-15-25-42(32-37)49(39-19-7-2-8-20-39)40-21-9-3-10-22-40/h1-34H. The van der Waals surface area contributed by atoms with E-state index in [1.807, 2.05) is 0 Å². The van der Waals surface area contributed by atoms with Gasteiger partial charge in [0.15, 0.2) is 0 Å². The number of hydrogen-bond acceptors (Lipinski definition) is 1. The van der Waals surface area contributed by atoms with Crippen molar-refractivity contribution in [2.75, 3.05) is 4.90 Å². The number of aromatic nitrogens is 1. The largest absolute Gasteiger partial charge is 0.310 e. The van der Waals surface area contributed by atoms with Crippen LogP contribution in [-0.2, 0) is 0 Å². The van der Waals surface area contributed by atoms with Crippen LogP contribution in [-0.4, -0.2) is 4.57 Å². The van der Waals surface area contributed by atoms with E-state index in [-0.39, 0.29) is 0 Å². The fourth-order valence-electron chi connectivity index (χ4n) is 7.25. The summed E-state index contributed by atoms with van der Waals surface area (Å²) in [6, 6.07) is 74.0. The van der Waals surface area contributed by atoms with E-state index in [4.69, 9.17) is 0 Å². The normalized spacial score (nSPS) is 11.2. The number of hydrogen-bond donors (Lipinski definition) is 0. The Morgan fingerprint density at radius 1 is 0.300 bits per heavy atom. The monoisotopic (exact) mass is 638 g/mol. The molecular weight excluding hydrogens is 605 g/mol. The minimum absolute atomic E-state index is 1.11. The van der Waals surface area contributed by atoms with Crippen molar-refractivity contribution < 1.29 is 0 Å². The van der Waals surface area contributed by atoms with Gasteiger partial charge in [-0.25, -0.2) is 0 Å². The lowest BCUT2D eigenvalue weighted by Gasteiger charge is -2.26. The zero-order valence-corrected chi connectivity index (χ0v) is 27.5. The van der Waals surface area contributed by atoms with Crippen LogP contribution >= 0.6 is 0 Å². The number of rotatable bonds is 7. The number of nitrogens with zero attached hydrogens (tertiary/aromatic N) is 2. The molecule has 0 aliphatic carbocycles. The van der Waals surface area contributed by atoms with Gasteiger partial charge in [0.1, 0.15) is 0 Å². The molecule has 0 radical (unpaired) electrons. The summed E-state index contributed by atoms with van der Waals surface area (Å²) < 4.78 is 2.42. The van der Waals surface area contributed by atoms with Crippen molar-refractivity contribution in [1.29, 1.82) is 0 Å². The molecule has 8 aromatic carbocycles. The lowest BCUT2D eigenvalue weighted by molar-refractivity contribution is 1.18. The van der Waals surface area contributed by atoms with Crippen LogP contribution in [0.4, 0.5) is 17.1 Å². The molecular formula is C48H34N2. The van der Waals surface area contributed by atoms with Crippen LogP contribution < -0.4 is 4.90 Å². The Morgan fingerprint density at radius 2 is 0.740 bits per heavy atom. The first-order valence-electron chi connectivity index (χ1n) is 17.1. The van der Waals surface area contributed by atoms with Gasteiger partial charge in [-0.1, -0.05) is 146 Å². The molecule has 236 valence electrons. The Labute approximate surface area is 292 Å². The Kier molecular flexibility index (Phi) is 7.53. The van der Waals surface area contributed by atoms with E-state index < -0.39 is 0 Å². The Bertz CT molecular complexity index is 2530. The molecule has 50 heavy (non-hydrogen) atoms. The van der Waals surface area contributed by atoms with Crippen molar-refractivity contribution >= 4 is 38.9 Å². The number of para-hydroxylation sites is 3. The molecule has 0 atom stereocenters. The van der Waals surface area contributed by atoms with Crippen LogP contribution in [0.5, 0.6) is 0 Å². The summed E-state index contributed by atoms with van der Waals surface area (Å²) >= 11 is 0. The lowest BCUT2D eigenvalue weighted by atomic mass is 9.93. The van der Waals surface area contributed by atoms with E-state index in [1.165, 1.54) is 55.2 Å². The van der Waals surface area contributed by atoms with Gasteiger partial charge >= 0.3 is 0 Å². The average Bonchev–Trinajstić information content (AvgIpc) is 3.52. The molecule has 1 heterocycles. The van der Waals surface area contributed by atoms with Gasteiger partial charge in [0.2, 0.25) is 0 Å². The molecule has 2 nitrogen and oxygen atoms in total. The van der Waals surface area contributed by atoms with E-state index in [0.717, 1.165) is 22.7 Å². The fourth-order valence-corrected chi connectivity index (χ4v) is 7.25. The van der Waals surface area contributed by atoms with E-state index in [1.54, 1.807) is 0 Å². The summed E-state index contributed by atoms with van der Waals surface area (Å²) in [5, 5.41) is 2.49. The predicted octanol–water partition coefficient (Wildman–Crippen LogP) is 13.3. The zero-order valence-electron chi connectivity index (χ0n) is 27.5. The van der Waals surface area contributed by atoms with Gasteiger partial charge in [0.25, 0.3) is 0 Å². The van der Waals surface area contributed by atoms with E-state index in [2.05, 4.69) is 216 Å². The predicted molar refractivity (Wildman–Crippen MR) is 212 cm³/mol. The van der Waals surface area contributed by atoms with Crippen LogP contribution in [0.3, 0.4) is 0 Å². The van der Waals surface area contributed by atoms with Gasteiger partial charge in [-0.3, -0.25) is 0 Å².